The van der Waals surface area contributed by atoms with Crippen molar-refractivity contribution in [3.05, 3.63) is 34.9 Å². The smallest absolute Gasteiger partial charge is 0.0406 e. The minimum Gasteiger partial charge on any atom is -0.314 e. The van der Waals surface area contributed by atoms with E-state index in [4.69, 9.17) is 11.6 Å². The van der Waals surface area contributed by atoms with E-state index in [0.717, 1.165) is 17.0 Å². The van der Waals surface area contributed by atoms with E-state index < -0.39 is 0 Å². The van der Waals surface area contributed by atoms with E-state index in [1.54, 1.807) is 0 Å². The maximum Gasteiger partial charge on any atom is 0.0406 e. The van der Waals surface area contributed by atoms with Gasteiger partial charge in [0.2, 0.25) is 0 Å². The predicted octanol–water partition coefficient (Wildman–Crippen LogP) is 4.68. The summed E-state index contributed by atoms with van der Waals surface area (Å²) in [5.41, 5.74) is 1.41. The molecule has 1 aromatic rings. The maximum atomic E-state index is 6.01. The Balaban J connectivity index is 0.00000176. The molecule has 0 aromatic heterocycles. The van der Waals surface area contributed by atoms with Crippen LogP contribution in [0.4, 0.5) is 0 Å². The summed E-state index contributed by atoms with van der Waals surface area (Å²) in [6.45, 7) is 5.96. The number of piperidine rings is 1. The Morgan fingerprint density at radius 3 is 2.32 bits per heavy atom. The molecule has 0 amide bonds. The number of rotatable bonds is 6. The van der Waals surface area contributed by atoms with Crippen LogP contribution in [0.5, 0.6) is 0 Å². The van der Waals surface area contributed by atoms with Gasteiger partial charge in [0.25, 0.3) is 0 Å². The van der Waals surface area contributed by atoms with E-state index in [1.165, 1.54) is 57.3 Å². The maximum absolute atomic E-state index is 6.01. The highest BCUT2D eigenvalue weighted by Crippen LogP contribution is 2.30. The van der Waals surface area contributed by atoms with Gasteiger partial charge in [-0.2, -0.15) is 0 Å². The molecule has 1 saturated carbocycles. The Hall–Kier alpha value is -0.280. The van der Waals surface area contributed by atoms with Gasteiger partial charge in [0.15, 0.2) is 0 Å². The number of nitrogens with zero attached hydrogens (tertiary/aromatic N) is 1. The van der Waals surface area contributed by atoms with E-state index in [1.807, 2.05) is 12.1 Å². The third-order valence-electron chi connectivity index (χ3n) is 5.00. The van der Waals surface area contributed by atoms with Crippen molar-refractivity contribution in [1.82, 2.24) is 10.2 Å². The third-order valence-corrected chi connectivity index (χ3v) is 5.26. The van der Waals surface area contributed by atoms with Crippen LogP contribution in [0.1, 0.15) is 50.6 Å². The van der Waals surface area contributed by atoms with Gasteiger partial charge in [0.1, 0.15) is 0 Å². The highest BCUT2D eigenvalue weighted by Gasteiger charge is 2.27. The molecule has 1 saturated heterocycles. The van der Waals surface area contributed by atoms with Crippen LogP contribution in [0.2, 0.25) is 5.02 Å². The summed E-state index contributed by atoms with van der Waals surface area (Å²) in [5.74, 6) is 0.987. The fourth-order valence-electron chi connectivity index (χ4n) is 3.46. The lowest BCUT2D eigenvalue weighted by atomic mass is 9.97. The highest BCUT2D eigenvalue weighted by molar-refractivity contribution is 6.30. The summed E-state index contributed by atoms with van der Waals surface area (Å²) in [7, 11) is 0. The summed E-state index contributed by atoms with van der Waals surface area (Å²) in [6.07, 6.45) is 6.63. The minimum atomic E-state index is 0. The molecule has 1 atom stereocenters. The van der Waals surface area contributed by atoms with Gasteiger partial charge in [-0.3, -0.25) is 4.90 Å². The Labute approximate surface area is 146 Å². The Morgan fingerprint density at radius 2 is 1.77 bits per heavy atom. The molecule has 0 bridgehead atoms. The van der Waals surface area contributed by atoms with E-state index >= 15 is 0 Å². The van der Waals surface area contributed by atoms with Gasteiger partial charge in [0, 0.05) is 30.2 Å². The topological polar surface area (TPSA) is 15.3 Å². The number of likely N-dealkylation sites (tertiary alicyclic amines) is 1. The Kier molecular flexibility index (Phi) is 7.01. The molecule has 0 spiro atoms. The molecule has 2 aliphatic rings. The van der Waals surface area contributed by atoms with Crippen LogP contribution in [0, 0.1) is 5.92 Å². The second kappa shape index (κ2) is 8.54. The number of hydrogen-bond acceptors (Lipinski definition) is 2. The van der Waals surface area contributed by atoms with Gasteiger partial charge < -0.3 is 5.32 Å². The Morgan fingerprint density at radius 1 is 1.14 bits per heavy atom. The summed E-state index contributed by atoms with van der Waals surface area (Å²) in [6, 6.07) is 9.70. The van der Waals surface area contributed by atoms with Crippen molar-refractivity contribution in [3.63, 3.8) is 0 Å². The third kappa shape index (κ3) is 4.86. The lowest BCUT2D eigenvalue weighted by Gasteiger charge is -2.38. The molecule has 2 nitrogen and oxygen atoms in total. The molecule has 1 aromatic carbocycles. The summed E-state index contributed by atoms with van der Waals surface area (Å²) < 4.78 is 0. The first-order valence-electron chi connectivity index (χ1n) is 8.49. The number of hydrogen-bond donors (Lipinski definition) is 1. The average molecular weight is 343 g/mol. The largest absolute Gasteiger partial charge is 0.314 e. The monoisotopic (exact) mass is 342 g/mol. The van der Waals surface area contributed by atoms with Gasteiger partial charge >= 0.3 is 0 Å². The van der Waals surface area contributed by atoms with E-state index in [-0.39, 0.29) is 12.4 Å². The lowest BCUT2D eigenvalue weighted by molar-refractivity contribution is 0.139. The molecule has 1 aliphatic heterocycles. The second-order valence-corrected chi connectivity index (χ2v) is 7.07. The van der Waals surface area contributed by atoms with Crippen molar-refractivity contribution in [1.29, 1.82) is 0 Å². The summed E-state index contributed by atoms with van der Waals surface area (Å²) >= 11 is 6.01. The zero-order valence-corrected chi connectivity index (χ0v) is 15.0. The SMILES string of the molecule is CCC(c1ccc(Cl)cc1)N1CCC(NCC2CC2)CC1.Cl. The van der Waals surface area contributed by atoms with Crippen molar-refractivity contribution in [3.8, 4) is 0 Å². The second-order valence-electron chi connectivity index (χ2n) is 6.64. The van der Waals surface area contributed by atoms with Crippen LogP contribution >= 0.6 is 24.0 Å². The molecule has 4 heteroatoms. The van der Waals surface area contributed by atoms with Crippen LogP contribution in [0.3, 0.4) is 0 Å². The predicted molar refractivity (Wildman–Crippen MR) is 97.1 cm³/mol. The fraction of sp³-hybridized carbons (Fsp3) is 0.667. The van der Waals surface area contributed by atoms with Crippen LogP contribution in [-0.2, 0) is 0 Å². The molecule has 22 heavy (non-hydrogen) atoms. The van der Waals surface area contributed by atoms with E-state index in [9.17, 15) is 0 Å². The number of halogens is 2. The van der Waals surface area contributed by atoms with Crippen LogP contribution in [0.25, 0.3) is 0 Å². The van der Waals surface area contributed by atoms with Crippen molar-refractivity contribution >= 4 is 24.0 Å². The Bertz CT molecular complexity index is 437. The van der Waals surface area contributed by atoms with Gasteiger partial charge in [-0.1, -0.05) is 30.7 Å². The molecule has 0 radical (unpaired) electrons. The fourth-order valence-corrected chi connectivity index (χ4v) is 3.59. The summed E-state index contributed by atoms with van der Waals surface area (Å²) in [5, 5.41) is 4.59. The van der Waals surface area contributed by atoms with E-state index in [2.05, 4.69) is 29.3 Å². The van der Waals surface area contributed by atoms with Gasteiger partial charge in [-0.15, -0.1) is 12.4 Å². The molecule has 2 fully saturated rings. The molecule has 1 aliphatic carbocycles. The van der Waals surface area contributed by atoms with Crippen molar-refractivity contribution in [2.75, 3.05) is 19.6 Å². The molecule has 3 rings (SSSR count). The van der Waals surface area contributed by atoms with Crippen LogP contribution < -0.4 is 5.32 Å². The zero-order chi connectivity index (χ0) is 14.7. The lowest BCUT2D eigenvalue weighted by Crippen LogP contribution is -2.44. The molecule has 1 N–H and O–H groups in total. The molecule has 1 unspecified atom stereocenters. The van der Waals surface area contributed by atoms with Gasteiger partial charge in [-0.05, 0) is 62.3 Å². The van der Waals surface area contributed by atoms with E-state index in [0.29, 0.717) is 6.04 Å². The van der Waals surface area contributed by atoms with Gasteiger partial charge in [0.05, 0.1) is 0 Å². The molecular weight excluding hydrogens is 315 g/mol. The summed E-state index contributed by atoms with van der Waals surface area (Å²) in [4.78, 5) is 2.65. The minimum absolute atomic E-state index is 0. The first-order chi connectivity index (χ1) is 10.3. The first-order valence-corrected chi connectivity index (χ1v) is 8.87. The average Bonchev–Trinajstić information content (AvgIpc) is 3.33. The highest BCUT2D eigenvalue weighted by atomic mass is 35.5. The van der Waals surface area contributed by atoms with Crippen molar-refractivity contribution in [2.24, 2.45) is 5.92 Å². The molecule has 1 heterocycles. The zero-order valence-electron chi connectivity index (χ0n) is 13.4. The number of benzene rings is 1. The van der Waals surface area contributed by atoms with Crippen LogP contribution in [0.15, 0.2) is 24.3 Å². The first kappa shape index (κ1) is 18.1. The van der Waals surface area contributed by atoms with Crippen LogP contribution in [-0.4, -0.2) is 30.6 Å². The molecule has 124 valence electrons. The quantitative estimate of drug-likeness (QED) is 0.807. The van der Waals surface area contributed by atoms with Crippen molar-refractivity contribution in [2.45, 2.75) is 51.1 Å². The normalized spacial score (nSPS) is 21.4. The van der Waals surface area contributed by atoms with Gasteiger partial charge in [-0.25, -0.2) is 0 Å². The number of nitrogens with one attached hydrogen (secondary N) is 1. The van der Waals surface area contributed by atoms with Crippen molar-refractivity contribution < 1.29 is 0 Å². The standard InChI is InChI=1S/C18H27ClN2.ClH/c1-2-18(15-5-7-16(19)8-6-15)21-11-9-17(10-12-21)20-13-14-3-4-14;/h5-8,14,17-18,20H,2-4,9-13H2,1H3;1H. The molecular formula is C18H28Cl2N2.